The van der Waals surface area contributed by atoms with Gasteiger partial charge < -0.3 is 19.5 Å². The molecule has 0 radical (unpaired) electrons. The van der Waals surface area contributed by atoms with E-state index in [9.17, 15) is 4.79 Å². The molecule has 0 saturated carbocycles. The molecule has 0 atom stereocenters. The highest BCUT2D eigenvalue weighted by Gasteiger charge is 2.21. The molecule has 0 heterocycles. The molecular formula is C15H22ClNO4. The van der Waals surface area contributed by atoms with Gasteiger partial charge in [0.05, 0.1) is 26.9 Å². The highest BCUT2D eigenvalue weighted by atomic mass is 35.5. The van der Waals surface area contributed by atoms with Gasteiger partial charge in [0.15, 0.2) is 11.5 Å². The summed E-state index contributed by atoms with van der Waals surface area (Å²) in [6.07, 6.45) is 0. The van der Waals surface area contributed by atoms with Gasteiger partial charge in [-0.1, -0.05) is 13.8 Å². The molecule has 0 unspecified atom stereocenters. The first-order valence-corrected chi connectivity index (χ1v) is 7.06. The summed E-state index contributed by atoms with van der Waals surface area (Å²) in [6.45, 7) is 4.42. The van der Waals surface area contributed by atoms with Crippen LogP contribution in [-0.4, -0.2) is 39.7 Å². The normalized spacial score (nSPS) is 11.0. The van der Waals surface area contributed by atoms with E-state index in [4.69, 9.17) is 25.8 Å². The van der Waals surface area contributed by atoms with Gasteiger partial charge in [-0.3, -0.25) is 4.79 Å². The molecule has 21 heavy (non-hydrogen) atoms. The van der Waals surface area contributed by atoms with E-state index < -0.39 is 0 Å². The third-order valence-electron chi connectivity index (χ3n) is 3.04. The molecule has 1 rings (SSSR count). The van der Waals surface area contributed by atoms with Gasteiger partial charge in [-0.2, -0.15) is 0 Å². The number of amides is 1. The maximum atomic E-state index is 12.3. The zero-order valence-corrected chi connectivity index (χ0v) is 13.8. The lowest BCUT2D eigenvalue weighted by Gasteiger charge is -2.22. The lowest BCUT2D eigenvalue weighted by atomic mass is 9.96. The third kappa shape index (κ3) is 4.43. The molecule has 0 bridgehead atoms. The molecule has 0 fully saturated rings. The summed E-state index contributed by atoms with van der Waals surface area (Å²) >= 11 is 5.86. The Hall–Kier alpha value is -1.62. The van der Waals surface area contributed by atoms with Crippen LogP contribution >= 0.6 is 11.6 Å². The monoisotopic (exact) mass is 315 g/mol. The van der Waals surface area contributed by atoms with E-state index in [2.05, 4.69) is 5.32 Å². The zero-order chi connectivity index (χ0) is 16.0. The first-order chi connectivity index (χ1) is 9.88. The summed E-state index contributed by atoms with van der Waals surface area (Å²) < 4.78 is 15.6. The molecule has 0 aromatic heterocycles. The van der Waals surface area contributed by atoms with Gasteiger partial charge >= 0.3 is 0 Å². The van der Waals surface area contributed by atoms with Gasteiger partial charge in [0.25, 0.3) is 5.91 Å². The van der Waals surface area contributed by atoms with Crippen molar-refractivity contribution in [3.8, 4) is 17.2 Å². The van der Waals surface area contributed by atoms with Gasteiger partial charge in [0.2, 0.25) is 0 Å². The van der Waals surface area contributed by atoms with Crippen molar-refractivity contribution in [1.29, 1.82) is 0 Å². The fraction of sp³-hybridized carbons (Fsp3) is 0.533. The molecule has 1 aromatic carbocycles. The summed E-state index contributed by atoms with van der Waals surface area (Å²) in [5.74, 6) is 1.61. The van der Waals surface area contributed by atoms with E-state index in [-0.39, 0.29) is 11.3 Å². The van der Waals surface area contributed by atoms with Crippen molar-refractivity contribution in [3.05, 3.63) is 17.7 Å². The van der Waals surface area contributed by atoms with Gasteiger partial charge in [-0.05, 0) is 5.41 Å². The fourth-order valence-electron chi connectivity index (χ4n) is 1.67. The highest BCUT2D eigenvalue weighted by molar-refractivity contribution is 6.18. The molecule has 0 aliphatic heterocycles. The molecule has 1 amide bonds. The van der Waals surface area contributed by atoms with Gasteiger partial charge in [0.1, 0.15) is 5.75 Å². The molecule has 0 spiro atoms. The molecule has 1 N–H and O–H groups in total. The van der Waals surface area contributed by atoms with Crippen LogP contribution in [0.25, 0.3) is 0 Å². The van der Waals surface area contributed by atoms with Crippen molar-refractivity contribution in [1.82, 2.24) is 5.32 Å². The fourth-order valence-corrected chi connectivity index (χ4v) is 1.76. The van der Waals surface area contributed by atoms with E-state index in [0.29, 0.717) is 35.2 Å². The van der Waals surface area contributed by atoms with E-state index in [1.807, 2.05) is 13.8 Å². The Morgan fingerprint density at radius 2 is 1.62 bits per heavy atom. The van der Waals surface area contributed by atoms with Crippen molar-refractivity contribution < 1.29 is 19.0 Å². The van der Waals surface area contributed by atoms with Crippen LogP contribution < -0.4 is 19.5 Å². The quantitative estimate of drug-likeness (QED) is 0.786. The number of benzene rings is 1. The second-order valence-corrected chi connectivity index (χ2v) is 5.66. The summed E-state index contributed by atoms with van der Waals surface area (Å²) in [6, 6.07) is 3.22. The Morgan fingerprint density at radius 3 is 2.10 bits per heavy atom. The van der Waals surface area contributed by atoms with Crippen LogP contribution in [0, 0.1) is 5.41 Å². The summed E-state index contributed by atoms with van der Waals surface area (Å²) in [4.78, 5) is 12.3. The number of halogens is 1. The first-order valence-electron chi connectivity index (χ1n) is 6.52. The number of alkyl halides is 1. The van der Waals surface area contributed by atoms with Crippen molar-refractivity contribution in [2.45, 2.75) is 13.8 Å². The van der Waals surface area contributed by atoms with E-state index >= 15 is 0 Å². The standard InChI is InChI=1S/C15H22ClNO4/c1-15(2,8-16)9-17-14(18)10-6-12(20-4)13(21-5)7-11(10)19-3/h6-7H,8-9H2,1-5H3,(H,17,18). The maximum absolute atomic E-state index is 12.3. The molecule has 1 aromatic rings. The number of hydrogen-bond donors (Lipinski definition) is 1. The van der Waals surface area contributed by atoms with Crippen LogP contribution in [0.2, 0.25) is 0 Å². The minimum atomic E-state index is -0.244. The van der Waals surface area contributed by atoms with E-state index in [1.54, 1.807) is 12.1 Å². The molecule has 118 valence electrons. The second kappa shape index (κ2) is 7.41. The smallest absolute Gasteiger partial charge is 0.255 e. The van der Waals surface area contributed by atoms with Crippen LogP contribution in [0.3, 0.4) is 0 Å². The average molecular weight is 316 g/mol. The van der Waals surface area contributed by atoms with E-state index in [0.717, 1.165) is 0 Å². The van der Waals surface area contributed by atoms with Crippen LogP contribution in [0.4, 0.5) is 0 Å². The molecule has 5 nitrogen and oxygen atoms in total. The Morgan fingerprint density at radius 1 is 1.10 bits per heavy atom. The SMILES string of the molecule is COc1cc(OC)c(C(=O)NCC(C)(C)CCl)cc1OC. The van der Waals surface area contributed by atoms with Crippen LogP contribution in [0.15, 0.2) is 12.1 Å². The predicted octanol–water partition coefficient (Wildman–Crippen LogP) is 2.71. The first kappa shape index (κ1) is 17.4. The lowest BCUT2D eigenvalue weighted by Crippen LogP contribution is -2.35. The number of methoxy groups -OCH3 is 3. The zero-order valence-electron chi connectivity index (χ0n) is 13.1. The van der Waals surface area contributed by atoms with E-state index in [1.165, 1.54) is 21.3 Å². The molecule has 6 heteroatoms. The maximum Gasteiger partial charge on any atom is 0.255 e. The number of nitrogens with one attached hydrogen (secondary N) is 1. The van der Waals surface area contributed by atoms with Crippen LogP contribution in [0.1, 0.15) is 24.2 Å². The largest absolute Gasteiger partial charge is 0.496 e. The Balaban J connectivity index is 3.02. The van der Waals surface area contributed by atoms with Crippen molar-refractivity contribution in [2.24, 2.45) is 5.41 Å². The average Bonchev–Trinajstić information content (AvgIpc) is 2.51. The van der Waals surface area contributed by atoms with Crippen molar-refractivity contribution in [2.75, 3.05) is 33.8 Å². The van der Waals surface area contributed by atoms with Gasteiger partial charge in [-0.25, -0.2) is 0 Å². The number of carbonyl (C=O) groups excluding carboxylic acids is 1. The second-order valence-electron chi connectivity index (χ2n) is 5.39. The Kier molecular flexibility index (Phi) is 6.15. The van der Waals surface area contributed by atoms with Gasteiger partial charge in [0, 0.05) is 24.6 Å². The summed E-state index contributed by atoms with van der Waals surface area (Å²) in [5.41, 5.74) is 0.210. The van der Waals surface area contributed by atoms with Crippen LogP contribution in [0.5, 0.6) is 17.2 Å². The molecular weight excluding hydrogens is 294 g/mol. The molecule has 0 saturated heterocycles. The third-order valence-corrected chi connectivity index (χ3v) is 3.76. The highest BCUT2D eigenvalue weighted by Crippen LogP contribution is 2.34. The number of carbonyl (C=O) groups is 1. The Labute approximate surface area is 130 Å². The van der Waals surface area contributed by atoms with Crippen molar-refractivity contribution in [3.63, 3.8) is 0 Å². The summed E-state index contributed by atoms with van der Waals surface area (Å²) in [5, 5.41) is 2.85. The summed E-state index contributed by atoms with van der Waals surface area (Å²) in [7, 11) is 4.55. The van der Waals surface area contributed by atoms with Crippen molar-refractivity contribution >= 4 is 17.5 Å². The minimum absolute atomic E-state index is 0.180. The number of ether oxygens (including phenoxy) is 3. The number of rotatable bonds is 7. The molecule has 0 aliphatic rings. The van der Waals surface area contributed by atoms with Gasteiger partial charge in [-0.15, -0.1) is 11.6 Å². The topological polar surface area (TPSA) is 56.8 Å². The van der Waals surface area contributed by atoms with Crippen LogP contribution in [-0.2, 0) is 0 Å². The lowest BCUT2D eigenvalue weighted by molar-refractivity contribution is 0.0936. The number of hydrogen-bond acceptors (Lipinski definition) is 4. The predicted molar refractivity (Wildman–Crippen MR) is 82.9 cm³/mol. The minimum Gasteiger partial charge on any atom is -0.496 e. The molecule has 0 aliphatic carbocycles. The Bertz CT molecular complexity index is 503.